The molecule has 1 aromatic heterocycles. The molecule has 19 heavy (non-hydrogen) atoms. The Morgan fingerprint density at radius 2 is 2.21 bits per heavy atom. The predicted molar refractivity (Wildman–Crippen MR) is 76.9 cm³/mol. The maximum Gasteiger partial charge on any atom is 0.169 e. The van der Waals surface area contributed by atoms with Gasteiger partial charge in [-0.3, -0.25) is 9.67 Å². The zero-order valence-corrected chi connectivity index (χ0v) is 11.5. The molecule has 0 spiro atoms. The van der Waals surface area contributed by atoms with Crippen LogP contribution in [-0.2, 0) is 13.6 Å². The molecule has 1 aliphatic rings. The Morgan fingerprint density at radius 3 is 2.95 bits per heavy atom. The van der Waals surface area contributed by atoms with E-state index in [9.17, 15) is 0 Å². The van der Waals surface area contributed by atoms with Gasteiger partial charge in [-0.1, -0.05) is 42.1 Å². The summed E-state index contributed by atoms with van der Waals surface area (Å²) < 4.78 is 1.70. The average molecular weight is 273 g/mol. The number of rotatable bonds is 3. The molecule has 1 aliphatic heterocycles. The molecule has 98 valence electrons. The number of nitrogens with zero attached hydrogens (tertiary/aromatic N) is 4. The Balaban J connectivity index is 1.54. The van der Waals surface area contributed by atoms with Crippen molar-refractivity contribution in [1.29, 1.82) is 0 Å². The summed E-state index contributed by atoms with van der Waals surface area (Å²) in [6, 6.07) is 10.5. The van der Waals surface area contributed by atoms with Gasteiger partial charge in [-0.05, 0) is 5.56 Å². The first kappa shape index (κ1) is 12.2. The third-order valence-corrected chi connectivity index (χ3v) is 4.07. The minimum atomic E-state index is 0.417. The van der Waals surface area contributed by atoms with E-state index in [0.717, 1.165) is 17.5 Å². The van der Waals surface area contributed by atoms with Crippen LogP contribution in [0.3, 0.4) is 0 Å². The molecule has 3 rings (SSSR count). The quantitative estimate of drug-likeness (QED) is 0.925. The lowest BCUT2D eigenvalue weighted by Gasteiger charge is -2.08. The summed E-state index contributed by atoms with van der Waals surface area (Å²) in [6.45, 7) is 1.45. The van der Waals surface area contributed by atoms with Crippen LogP contribution in [0.1, 0.15) is 16.6 Å². The number of amidine groups is 1. The van der Waals surface area contributed by atoms with Gasteiger partial charge in [0.15, 0.2) is 11.0 Å². The maximum atomic E-state index is 4.52. The summed E-state index contributed by atoms with van der Waals surface area (Å²) in [6.07, 6.45) is 1.70. The third kappa shape index (κ3) is 2.96. The van der Waals surface area contributed by atoms with Crippen LogP contribution in [-0.4, -0.2) is 26.5 Å². The summed E-state index contributed by atoms with van der Waals surface area (Å²) in [7, 11) is 1.86. The molecule has 1 atom stereocenters. The summed E-state index contributed by atoms with van der Waals surface area (Å²) in [5.74, 6) is 0.786. The first-order valence-corrected chi connectivity index (χ1v) is 7.03. The average Bonchev–Trinajstić information content (AvgIpc) is 3.06. The monoisotopic (exact) mass is 273 g/mol. The fraction of sp³-hybridized carbons (Fsp3) is 0.308. The van der Waals surface area contributed by atoms with E-state index < -0.39 is 0 Å². The molecule has 2 heterocycles. The van der Waals surface area contributed by atoms with Gasteiger partial charge in [-0.15, -0.1) is 0 Å². The Bertz CT molecular complexity index is 578. The number of hydrogen-bond donors (Lipinski definition) is 1. The lowest BCUT2D eigenvalue weighted by atomic mass is 10.1. The number of aryl methyl sites for hydroxylation is 1. The third-order valence-electron chi connectivity index (χ3n) is 2.87. The lowest BCUT2D eigenvalue weighted by Crippen LogP contribution is -2.19. The Hall–Kier alpha value is -1.82. The highest BCUT2D eigenvalue weighted by Crippen LogP contribution is 2.34. The minimum Gasteiger partial charge on any atom is -0.358 e. The SMILES string of the molecule is Cn1cnc(CNC2=NCC(c3ccccc3)S2)n1. The zero-order chi connectivity index (χ0) is 13.1. The van der Waals surface area contributed by atoms with Gasteiger partial charge in [-0.25, -0.2) is 4.98 Å². The molecule has 5 nitrogen and oxygen atoms in total. The number of aliphatic imine (C=N–C) groups is 1. The predicted octanol–water partition coefficient (Wildman–Crippen LogP) is 1.75. The van der Waals surface area contributed by atoms with Gasteiger partial charge in [0.05, 0.1) is 18.3 Å². The van der Waals surface area contributed by atoms with Crippen molar-refractivity contribution >= 4 is 16.9 Å². The van der Waals surface area contributed by atoms with Crippen molar-refractivity contribution in [2.24, 2.45) is 12.0 Å². The van der Waals surface area contributed by atoms with Crippen molar-refractivity contribution in [2.45, 2.75) is 11.8 Å². The standard InChI is InChI=1S/C13H15N5S/c1-18-9-16-12(17-18)8-15-13-14-7-11(19-13)10-5-3-2-4-6-10/h2-6,9,11H,7-8H2,1H3,(H,14,15). The molecule has 1 N–H and O–H groups in total. The van der Waals surface area contributed by atoms with Gasteiger partial charge in [0.25, 0.3) is 0 Å². The molecule has 0 aliphatic carbocycles. The lowest BCUT2D eigenvalue weighted by molar-refractivity contribution is 0.730. The van der Waals surface area contributed by atoms with Crippen molar-refractivity contribution in [2.75, 3.05) is 6.54 Å². The summed E-state index contributed by atoms with van der Waals surface area (Å²) >= 11 is 1.77. The van der Waals surface area contributed by atoms with Crippen LogP contribution in [0.25, 0.3) is 0 Å². The van der Waals surface area contributed by atoms with Gasteiger partial charge in [0.1, 0.15) is 6.33 Å². The molecule has 1 unspecified atom stereocenters. The van der Waals surface area contributed by atoms with Crippen LogP contribution in [0.5, 0.6) is 0 Å². The second kappa shape index (κ2) is 5.44. The molecule has 0 saturated heterocycles. The van der Waals surface area contributed by atoms with Crippen LogP contribution in [0.15, 0.2) is 41.7 Å². The molecule has 0 saturated carbocycles. The summed E-state index contributed by atoms with van der Waals surface area (Å²) in [5, 5.41) is 8.90. The smallest absolute Gasteiger partial charge is 0.169 e. The molecule has 0 bridgehead atoms. The zero-order valence-electron chi connectivity index (χ0n) is 10.7. The molecule has 2 aromatic rings. The first-order chi connectivity index (χ1) is 9.31. The summed E-state index contributed by atoms with van der Waals surface area (Å²) in [5.41, 5.74) is 1.32. The topological polar surface area (TPSA) is 55.1 Å². The van der Waals surface area contributed by atoms with E-state index >= 15 is 0 Å². The van der Waals surface area contributed by atoms with E-state index in [-0.39, 0.29) is 0 Å². The van der Waals surface area contributed by atoms with E-state index in [1.165, 1.54) is 5.56 Å². The number of nitrogens with one attached hydrogen (secondary N) is 1. The number of aromatic nitrogens is 3. The second-order valence-electron chi connectivity index (χ2n) is 4.35. The Labute approximate surface area is 116 Å². The van der Waals surface area contributed by atoms with Crippen molar-refractivity contribution in [3.05, 3.63) is 48.0 Å². The molecule has 0 amide bonds. The number of hydrogen-bond acceptors (Lipinski definition) is 5. The minimum absolute atomic E-state index is 0.417. The van der Waals surface area contributed by atoms with E-state index in [1.807, 2.05) is 13.1 Å². The van der Waals surface area contributed by atoms with Crippen LogP contribution < -0.4 is 5.32 Å². The van der Waals surface area contributed by atoms with Crippen LogP contribution in [0.4, 0.5) is 0 Å². The molecule has 6 heteroatoms. The van der Waals surface area contributed by atoms with Crippen molar-refractivity contribution < 1.29 is 0 Å². The molecule has 0 radical (unpaired) electrons. The summed E-state index contributed by atoms with van der Waals surface area (Å²) in [4.78, 5) is 8.70. The van der Waals surface area contributed by atoms with Crippen molar-refractivity contribution in [3.8, 4) is 0 Å². The van der Waals surface area contributed by atoms with Crippen LogP contribution in [0, 0.1) is 0 Å². The van der Waals surface area contributed by atoms with E-state index in [0.29, 0.717) is 11.8 Å². The van der Waals surface area contributed by atoms with Gasteiger partial charge >= 0.3 is 0 Å². The largest absolute Gasteiger partial charge is 0.358 e. The highest BCUT2D eigenvalue weighted by atomic mass is 32.2. The Morgan fingerprint density at radius 1 is 1.37 bits per heavy atom. The molecule has 0 fully saturated rings. The van der Waals surface area contributed by atoms with Crippen molar-refractivity contribution in [1.82, 2.24) is 20.1 Å². The normalized spacial score (nSPS) is 18.4. The fourth-order valence-corrected chi connectivity index (χ4v) is 2.95. The second-order valence-corrected chi connectivity index (χ2v) is 5.54. The number of thioether (sulfide) groups is 1. The first-order valence-electron chi connectivity index (χ1n) is 6.16. The van der Waals surface area contributed by atoms with Gasteiger partial charge in [0.2, 0.25) is 0 Å². The van der Waals surface area contributed by atoms with Gasteiger partial charge in [0, 0.05) is 7.05 Å². The maximum absolute atomic E-state index is 4.52. The molecular formula is C13H15N5S. The van der Waals surface area contributed by atoms with Gasteiger partial charge < -0.3 is 5.32 Å². The van der Waals surface area contributed by atoms with Crippen molar-refractivity contribution in [3.63, 3.8) is 0 Å². The molecular weight excluding hydrogens is 258 g/mol. The highest BCUT2D eigenvalue weighted by Gasteiger charge is 2.20. The van der Waals surface area contributed by atoms with Crippen LogP contribution in [0.2, 0.25) is 0 Å². The van der Waals surface area contributed by atoms with Gasteiger partial charge in [-0.2, -0.15) is 5.10 Å². The Kier molecular flexibility index (Phi) is 3.50. The number of benzene rings is 1. The molecule has 1 aromatic carbocycles. The fourth-order valence-electron chi connectivity index (χ4n) is 1.93. The van der Waals surface area contributed by atoms with E-state index in [2.05, 4.69) is 44.7 Å². The van der Waals surface area contributed by atoms with E-state index in [4.69, 9.17) is 0 Å². The van der Waals surface area contributed by atoms with Crippen LogP contribution >= 0.6 is 11.8 Å². The highest BCUT2D eigenvalue weighted by molar-refractivity contribution is 8.14. The van der Waals surface area contributed by atoms with E-state index in [1.54, 1.807) is 22.8 Å².